The maximum atomic E-state index is 12.1. The van der Waals surface area contributed by atoms with Crippen LogP contribution < -0.4 is 5.32 Å². The largest absolute Gasteiger partial charge is 0.358 e. The lowest BCUT2D eigenvalue weighted by Crippen LogP contribution is -2.32. The third-order valence-electron chi connectivity index (χ3n) is 3.89. The second-order valence-corrected chi connectivity index (χ2v) is 5.29. The molecule has 108 valence electrons. The van der Waals surface area contributed by atoms with Gasteiger partial charge in [-0.05, 0) is 51.2 Å². The van der Waals surface area contributed by atoms with Crippen molar-refractivity contribution in [3.05, 3.63) is 35.0 Å². The normalized spacial score (nSPS) is 11.2. The number of nitrogens with one attached hydrogen (secondary N) is 2. The third-order valence-corrected chi connectivity index (χ3v) is 3.89. The summed E-state index contributed by atoms with van der Waals surface area (Å²) in [4.78, 5) is 17.6. The van der Waals surface area contributed by atoms with Crippen molar-refractivity contribution in [2.45, 2.75) is 20.8 Å². The van der Waals surface area contributed by atoms with Gasteiger partial charge in [0.05, 0.1) is 0 Å². The number of aromatic nitrogens is 1. The van der Waals surface area contributed by atoms with E-state index in [1.54, 1.807) is 0 Å². The van der Waals surface area contributed by atoms with E-state index >= 15 is 0 Å². The van der Waals surface area contributed by atoms with Gasteiger partial charge in [0, 0.05) is 35.2 Å². The molecule has 1 heterocycles. The highest BCUT2D eigenvalue weighted by Crippen LogP contribution is 2.22. The Balaban J connectivity index is 2.08. The number of aromatic amines is 1. The fraction of sp³-hybridized carbons (Fsp3) is 0.438. The van der Waals surface area contributed by atoms with Crippen molar-refractivity contribution in [3.63, 3.8) is 0 Å². The van der Waals surface area contributed by atoms with E-state index in [2.05, 4.69) is 36.0 Å². The van der Waals surface area contributed by atoms with Crippen molar-refractivity contribution >= 4 is 16.8 Å². The Morgan fingerprint density at radius 3 is 2.80 bits per heavy atom. The molecule has 4 nitrogen and oxygen atoms in total. The smallest absolute Gasteiger partial charge is 0.251 e. The average Bonchev–Trinajstić information content (AvgIpc) is 2.73. The summed E-state index contributed by atoms with van der Waals surface area (Å²) in [6.45, 7) is 8.76. The maximum Gasteiger partial charge on any atom is 0.251 e. The van der Waals surface area contributed by atoms with E-state index in [0.29, 0.717) is 6.54 Å². The molecule has 20 heavy (non-hydrogen) atoms. The molecule has 0 unspecified atom stereocenters. The van der Waals surface area contributed by atoms with Crippen LogP contribution in [-0.2, 0) is 0 Å². The predicted octanol–water partition coefficient (Wildman–Crippen LogP) is 2.47. The minimum absolute atomic E-state index is 0.00495. The summed E-state index contributed by atoms with van der Waals surface area (Å²) in [6.07, 6.45) is 0. The molecule has 2 N–H and O–H groups in total. The van der Waals surface area contributed by atoms with Crippen molar-refractivity contribution in [2.24, 2.45) is 0 Å². The number of H-pyrrole nitrogens is 1. The van der Waals surface area contributed by atoms with Gasteiger partial charge in [-0.1, -0.05) is 6.92 Å². The molecule has 0 aliphatic rings. The lowest BCUT2D eigenvalue weighted by Gasteiger charge is -2.14. The van der Waals surface area contributed by atoms with E-state index < -0.39 is 0 Å². The molecule has 1 aromatic heterocycles. The van der Waals surface area contributed by atoms with Crippen LogP contribution in [0.2, 0.25) is 0 Å². The number of fused-ring (bicyclic) bond motifs is 1. The molecule has 2 aromatic rings. The number of carbonyl (C=O) groups is 1. The van der Waals surface area contributed by atoms with Crippen molar-refractivity contribution in [3.8, 4) is 0 Å². The van der Waals surface area contributed by atoms with Crippen LogP contribution >= 0.6 is 0 Å². The van der Waals surface area contributed by atoms with Gasteiger partial charge in [0.2, 0.25) is 0 Å². The molecule has 0 aliphatic heterocycles. The lowest BCUT2D eigenvalue weighted by atomic mass is 10.1. The number of aryl methyl sites for hydroxylation is 2. The number of nitrogens with zero attached hydrogens (tertiary/aromatic N) is 1. The minimum Gasteiger partial charge on any atom is -0.358 e. The molecule has 0 fully saturated rings. The molecule has 0 bridgehead atoms. The highest BCUT2D eigenvalue weighted by atomic mass is 16.1. The number of hydrogen-bond donors (Lipinski definition) is 2. The fourth-order valence-corrected chi connectivity index (χ4v) is 2.22. The van der Waals surface area contributed by atoms with Gasteiger partial charge in [-0.2, -0.15) is 0 Å². The van der Waals surface area contributed by atoms with E-state index in [1.807, 2.05) is 25.2 Å². The van der Waals surface area contributed by atoms with Crippen molar-refractivity contribution in [2.75, 3.05) is 26.7 Å². The number of amides is 1. The van der Waals surface area contributed by atoms with Gasteiger partial charge in [0.1, 0.15) is 0 Å². The van der Waals surface area contributed by atoms with Gasteiger partial charge >= 0.3 is 0 Å². The molecule has 0 atom stereocenters. The molecule has 0 saturated heterocycles. The van der Waals surface area contributed by atoms with E-state index in [-0.39, 0.29) is 5.91 Å². The highest BCUT2D eigenvalue weighted by molar-refractivity contribution is 5.99. The fourth-order valence-electron chi connectivity index (χ4n) is 2.22. The van der Waals surface area contributed by atoms with Crippen molar-refractivity contribution < 1.29 is 4.79 Å². The topological polar surface area (TPSA) is 48.1 Å². The number of rotatable bonds is 5. The molecule has 1 amide bonds. The van der Waals surface area contributed by atoms with E-state index in [9.17, 15) is 4.79 Å². The molecular weight excluding hydrogens is 250 g/mol. The summed E-state index contributed by atoms with van der Waals surface area (Å²) < 4.78 is 0. The van der Waals surface area contributed by atoms with Crippen LogP contribution in [0, 0.1) is 13.8 Å². The quantitative estimate of drug-likeness (QED) is 0.879. The van der Waals surface area contributed by atoms with Crippen molar-refractivity contribution in [1.82, 2.24) is 15.2 Å². The van der Waals surface area contributed by atoms with Crippen LogP contribution in [0.15, 0.2) is 18.2 Å². The number of likely N-dealkylation sites (N-methyl/N-ethyl adjacent to an activating group) is 1. The van der Waals surface area contributed by atoms with Gasteiger partial charge in [-0.3, -0.25) is 4.79 Å². The summed E-state index contributed by atoms with van der Waals surface area (Å²) in [5.41, 5.74) is 4.17. The Morgan fingerprint density at radius 1 is 1.35 bits per heavy atom. The zero-order chi connectivity index (χ0) is 14.7. The van der Waals surface area contributed by atoms with Crippen LogP contribution in [0.1, 0.15) is 28.5 Å². The molecular formula is C16H23N3O. The van der Waals surface area contributed by atoms with Gasteiger partial charge in [0.25, 0.3) is 5.91 Å². The van der Waals surface area contributed by atoms with Gasteiger partial charge in [0.15, 0.2) is 0 Å². The van der Waals surface area contributed by atoms with Crippen LogP contribution in [0.3, 0.4) is 0 Å². The summed E-state index contributed by atoms with van der Waals surface area (Å²) in [5.74, 6) is -0.00495. The van der Waals surface area contributed by atoms with Crippen LogP contribution in [0.5, 0.6) is 0 Å². The Bertz CT molecular complexity index is 615. The molecule has 0 radical (unpaired) electrons. The molecule has 0 spiro atoms. The van der Waals surface area contributed by atoms with Crippen LogP contribution in [-0.4, -0.2) is 42.5 Å². The SMILES string of the molecule is CCN(C)CCNC(=O)c1ccc2[nH]c(C)c(C)c2c1. The monoisotopic (exact) mass is 273 g/mol. The Hall–Kier alpha value is -1.81. The minimum atomic E-state index is -0.00495. The standard InChI is InChI=1S/C16H23N3O/c1-5-19(4)9-8-17-16(20)13-6-7-15-14(10-13)11(2)12(3)18-15/h6-7,10,18H,5,8-9H2,1-4H3,(H,17,20). The van der Waals surface area contributed by atoms with E-state index in [0.717, 1.165) is 35.2 Å². The maximum absolute atomic E-state index is 12.1. The highest BCUT2D eigenvalue weighted by Gasteiger charge is 2.09. The first-order valence-electron chi connectivity index (χ1n) is 7.08. The van der Waals surface area contributed by atoms with E-state index in [1.165, 1.54) is 5.56 Å². The van der Waals surface area contributed by atoms with Gasteiger partial charge in [-0.25, -0.2) is 0 Å². The third kappa shape index (κ3) is 3.02. The molecule has 0 aliphatic carbocycles. The molecule has 4 heteroatoms. The first-order valence-corrected chi connectivity index (χ1v) is 7.08. The summed E-state index contributed by atoms with van der Waals surface area (Å²) >= 11 is 0. The second-order valence-electron chi connectivity index (χ2n) is 5.29. The number of hydrogen-bond acceptors (Lipinski definition) is 2. The Labute approximate surface area is 120 Å². The molecule has 2 rings (SSSR count). The zero-order valence-corrected chi connectivity index (χ0v) is 12.7. The van der Waals surface area contributed by atoms with Gasteiger partial charge < -0.3 is 15.2 Å². The van der Waals surface area contributed by atoms with Gasteiger partial charge in [-0.15, -0.1) is 0 Å². The first kappa shape index (κ1) is 14.6. The van der Waals surface area contributed by atoms with E-state index in [4.69, 9.17) is 0 Å². The summed E-state index contributed by atoms with van der Waals surface area (Å²) in [6, 6.07) is 5.81. The Morgan fingerprint density at radius 2 is 2.10 bits per heavy atom. The van der Waals surface area contributed by atoms with Crippen LogP contribution in [0.4, 0.5) is 0 Å². The lowest BCUT2D eigenvalue weighted by molar-refractivity contribution is 0.0950. The zero-order valence-electron chi connectivity index (χ0n) is 12.7. The average molecular weight is 273 g/mol. The second kappa shape index (κ2) is 6.09. The summed E-state index contributed by atoms with van der Waals surface area (Å²) in [7, 11) is 2.05. The molecule has 0 saturated carbocycles. The Kier molecular flexibility index (Phi) is 4.45. The number of benzene rings is 1. The summed E-state index contributed by atoms with van der Waals surface area (Å²) in [5, 5.41) is 4.09. The first-order chi connectivity index (χ1) is 9.52. The molecule has 1 aromatic carbocycles. The van der Waals surface area contributed by atoms with Crippen LogP contribution in [0.25, 0.3) is 10.9 Å². The predicted molar refractivity (Wildman–Crippen MR) is 83.3 cm³/mol. The van der Waals surface area contributed by atoms with Crippen molar-refractivity contribution in [1.29, 1.82) is 0 Å². The number of carbonyl (C=O) groups excluding carboxylic acids is 1.